The summed E-state index contributed by atoms with van der Waals surface area (Å²) in [5.74, 6) is 0.901. The zero-order chi connectivity index (χ0) is 28.8. The molecule has 9 heteroatoms. The summed E-state index contributed by atoms with van der Waals surface area (Å²) < 4.78 is 42.9. The highest BCUT2D eigenvalue weighted by Gasteiger charge is 2.49. The van der Waals surface area contributed by atoms with Gasteiger partial charge in [-0.2, -0.15) is 4.98 Å². The van der Waals surface area contributed by atoms with Crippen LogP contribution in [0.3, 0.4) is 0 Å². The lowest BCUT2D eigenvalue weighted by Gasteiger charge is -2.46. The molecule has 0 spiro atoms. The highest BCUT2D eigenvalue weighted by molar-refractivity contribution is 6.02. The van der Waals surface area contributed by atoms with Crippen molar-refractivity contribution in [3.05, 3.63) is 53.9 Å². The third-order valence-corrected chi connectivity index (χ3v) is 9.37. The summed E-state index contributed by atoms with van der Waals surface area (Å²) in [6.45, 7) is 3.37. The molecule has 216 valence electrons. The molecule has 2 aliphatic heterocycles. The van der Waals surface area contributed by atoms with Crippen LogP contribution in [0.2, 0.25) is 0 Å². The monoisotopic (exact) mass is 570 g/mol. The van der Waals surface area contributed by atoms with Gasteiger partial charge in [-0.25, -0.2) is 13.8 Å². The molecule has 1 N–H and O–H groups in total. The SMILES string of the molecule is C#Cc1c(F)ccc2cc(O)cc(-c3ncc4cnc(OC[C@]56CCC[C@H]5N(CC5CCCO5)CCC6)nc4c3F)c12. The van der Waals surface area contributed by atoms with Crippen LogP contribution in [-0.4, -0.2) is 63.4 Å². The summed E-state index contributed by atoms with van der Waals surface area (Å²) in [4.78, 5) is 15.7. The number of nitrogens with zero attached hydrogens (tertiary/aromatic N) is 4. The standard InChI is InChI=1S/C33H32F2N4O3/c1-2-24-26(34)9-8-20-14-22(40)15-25(28(20)24)31-29(35)30-21(16-36-31)17-37-32(38-30)42-19-33-10-3-7-27(33)39(12-5-11-33)18-23-6-4-13-41-23/h1,8-9,14-17,23,27,40H,3-7,10-13,18-19H2/t23?,27-,33-/m1/s1. The molecule has 1 saturated carbocycles. The van der Waals surface area contributed by atoms with Crippen LogP contribution in [0.15, 0.2) is 36.7 Å². The molecule has 1 aliphatic carbocycles. The molecule has 3 atom stereocenters. The number of benzene rings is 2. The smallest absolute Gasteiger partial charge is 0.317 e. The van der Waals surface area contributed by atoms with E-state index in [1.54, 1.807) is 0 Å². The second kappa shape index (κ2) is 10.8. The van der Waals surface area contributed by atoms with Gasteiger partial charge in [-0.3, -0.25) is 9.88 Å². The number of pyridine rings is 1. The average molecular weight is 571 g/mol. The molecule has 2 saturated heterocycles. The minimum atomic E-state index is -0.726. The fourth-order valence-electron chi connectivity index (χ4n) is 7.45. The number of ether oxygens (including phenoxy) is 2. The van der Waals surface area contributed by atoms with Crippen molar-refractivity contribution in [3.63, 3.8) is 0 Å². The third-order valence-electron chi connectivity index (χ3n) is 9.37. The van der Waals surface area contributed by atoms with E-state index in [1.165, 1.54) is 36.7 Å². The zero-order valence-corrected chi connectivity index (χ0v) is 23.3. The average Bonchev–Trinajstić information content (AvgIpc) is 3.67. The molecule has 3 fully saturated rings. The van der Waals surface area contributed by atoms with Crippen molar-refractivity contribution >= 4 is 21.7 Å². The van der Waals surface area contributed by atoms with E-state index >= 15 is 4.39 Å². The highest BCUT2D eigenvalue weighted by Crippen LogP contribution is 2.48. The van der Waals surface area contributed by atoms with E-state index < -0.39 is 11.6 Å². The molecule has 2 aromatic heterocycles. The second-order valence-electron chi connectivity index (χ2n) is 11.8. The van der Waals surface area contributed by atoms with E-state index in [-0.39, 0.29) is 39.5 Å². The minimum Gasteiger partial charge on any atom is -0.508 e. The van der Waals surface area contributed by atoms with E-state index in [0.717, 1.165) is 64.6 Å². The van der Waals surface area contributed by atoms with E-state index in [1.807, 2.05) is 0 Å². The number of phenolic OH excluding ortho intramolecular Hbond substituents is 1. The van der Waals surface area contributed by atoms with Gasteiger partial charge in [-0.15, -0.1) is 6.42 Å². The Morgan fingerprint density at radius 3 is 2.79 bits per heavy atom. The Morgan fingerprint density at radius 2 is 1.95 bits per heavy atom. The number of rotatable bonds is 6. The predicted molar refractivity (Wildman–Crippen MR) is 155 cm³/mol. The van der Waals surface area contributed by atoms with Crippen LogP contribution in [0, 0.1) is 29.4 Å². The van der Waals surface area contributed by atoms with Gasteiger partial charge in [0.25, 0.3) is 0 Å². The molecule has 7 nitrogen and oxygen atoms in total. The van der Waals surface area contributed by atoms with Gasteiger partial charge >= 0.3 is 6.01 Å². The van der Waals surface area contributed by atoms with Gasteiger partial charge in [0, 0.05) is 53.3 Å². The fraction of sp³-hybridized carbons (Fsp3) is 0.424. The Hall–Kier alpha value is -3.87. The first-order valence-corrected chi connectivity index (χ1v) is 14.7. The Balaban J connectivity index is 1.20. The number of aromatic hydroxyl groups is 1. The molecule has 2 aromatic carbocycles. The number of likely N-dealkylation sites (tertiary alicyclic amines) is 1. The predicted octanol–water partition coefficient (Wildman–Crippen LogP) is 6.00. The molecule has 3 aliphatic rings. The first-order chi connectivity index (χ1) is 20.5. The summed E-state index contributed by atoms with van der Waals surface area (Å²) in [6, 6.07) is 6.03. The number of terminal acetylenes is 1. The quantitative estimate of drug-likeness (QED) is 0.285. The number of hydrogen-bond acceptors (Lipinski definition) is 7. The van der Waals surface area contributed by atoms with E-state index in [4.69, 9.17) is 15.9 Å². The molecular formula is C33H32F2N4O3. The third kappa shape index (κ3) is 4.63. The van der Waals surface area contributed by atoms with Gasteiger partial charge in [0.05, 0.1) is 18.3 Å². The van der Waals surface area contributed by atoms with Gasteiger partial charge in [0.15, 0.2) is 5.82 Å². The van der Waals surface area contributed by atoms with Crippen LogP contribution in [0.1, 0.15) is 50.5 Å². The molecule has 0 bridgehead atoms. The topological polar surface area (TPSA) is 80.6 Å². The van der Waals surface area contributed by atoms with E-state index in [9.17, 15) is 9.50 Å². The van der Waals surface area contributed by atoms with Gasteiger partial charge in [-0.05, 0) is 68.7 Å². The molecule has 42 heavy (non-hydrogen) atoms. The maximum Gasteiger partial charge on any atom is 0.317 e. The van der Waals surface area contributed by atoms with Gasteiger partial charge in [-0.1, -0.05) is 18.4 Å². The molecule has 0 amide bonds. The summed E-state index contributed by atoms with van der Waals surface area (Å²) >= 11 is 0. The first kappa shape index (κ1) is 27.0. The van der Waals surface area contributed by atoms with Crippen molar-refractivity contribution in [2.75, 3.05) is 26.3 Å². The molecule has 4 aromatic rings. The lowest BCUT2D eigenvalue weighted by Crippen LogP contribution is -2.53. The Bertz CT molecular complexity index is 1720. The number of phenols is 1. The van der Waals surface area contributed by atoms with Crippen molar-refractivity contribution in [3.8, 4) is 35.4 Å². The molecule has 4 heterocycles. The number of hydrogen-bond donors (Lipinski definition) is 1. The van der Waals surface area contributed by atoms with Crippen LogP contribution in [-0.2, 0) is 4.74 Å². The molecular weight excluding hydrogens is 538 g/mol. The van der Waals surface area contributed by atoms with Gasteiger partial charge < -0.3 is 14.6 Å². The van der Waals surface area contributed by atoms with Crippen molar-refractivity contribution in [2.24, 2.45) is 5.41 Å². The maximum absolute atomic E-state index is 16.1. The fourth-order valence-corrected chi connectivity index (χ4v) is 7.45. The van der Waals surface area contributed by atoms with Crippen molar-refractivity contribution in [1.29, 1.82) is 0 Å². The van der Waals surface area contributed by atoms with Crippen molar-refractivity contribution < 1.29 is 23.4 Å². The van der Waals surface area contributed by atoms with E-state index in [2.05, 4.69) is 25.8 Å². The normalized spacial score (nSPS) is 24.2. The second-order valence-corrected chi connectivity index (χ2v) is 11.8. The zero-order valence-electron chi connectivity index (χ0n) is 23.3. The lowest BCUT2D eigenvalue weighted by atomic mass is 9.75. The Kier molecular flexibility index (Phi) is 6.91. The summed E-state index contributed by atoms with van der Waals surface area (Å²) in [6.07, 6.45) is 16.7. The molecule has 0 radical (unpaired) electrons. The van der Waals surface area contributed by atoms with Crippen LogP contribution in [0.4, 0.5) is 8.78 Å². The van der Waals surface area contributed by atoms with Crippen LogP contribution in [0.25, 0.3) is 32.9 Å². The number of aromatic nitrogens is 3. The highest BCUT2D eigenvalue weighted by atomic mass is 19.1. The summed E-state index contributed by atoms with van der Waals surface area (Å²) in [5.41, 5.74) is 0.0970. The van der Waals surface area contributed by atoms with Crippen LogP contribution < -0.4 is 4.74 Å². The maximum atomic E-state index is 16.1. The molecule has 1 unspecified atom stereocenters. The van der Waals surface area contributed by atoms with Gasteiger partial charge in [0.1, 0.15) is 22.8 Å². The minimum absolute atomic E-state index is 0.00724. The Labute approximate surface area is 242 Å². The first-order valence-electron chi connectivity index (χ1n) is 14.7. The van der Waals surface area contributed by atoms with E-state index in [0.29, 0.717) is 34.9 Å². The summed E-state index contributed by atoms with van der Waals surface area (Å²) in [7, 11) is 0. The Morgan fingerprint density at radius 1 is 1.10 bits per heavy atom. The lowest BCUT2D eigenvalue weighted by molar-refractivity contribution is -0.0252. The molecule has 7 rings (SSSR count). The summed E-state index contributed by atoms with van der Waals surface area (Å²) in [5, 5.41) is 11.5. The van der Waals surface area contributed by atoms with Crippen molar-refractivity contribution in [2.45, 2.75) is 57.1 Å². The van der Waals surface area contributed by atoms with Gasteiger partial charge in [0.2, 0.25) is 0 Å². The number of piperidine rings is 1. The van der Waals surface area contributed by atoms with Crippen LogP contribution >= 0.6 is 0 Å². The van der Waals surface area contributed by atoms with Crippen LogP contribution in [0.5, 0.6) is 11.8 Å². The number of halogens is 2. The van der Waals surface area contributed by atoms with Crippen molar-refractivity contribution in [1.82, 2.24) is 19.9 Å². The largest absolute Gasteiger partial charge is 0.508 e. The number of fused-ring (bicyclic) bond motifs is 3.